The van der Waals surface area contributed by atoms with Gasteiger partial charge in [0, 0.05) is 25.1 Å². The van der Waals surface area contributed by atoms with Gasteiger partial charge in [-0.05, 0) is 24.5 Å². The van der Waals surface area contributed by atoms with Crippen molar-refractivity contribution in [3.63, 3.8) is 0 Å². The van der Waals surface area contributed by atoms with Crippen LogP contribution in [0, 0.1) is 0 Å². The van der Waals surface area contributed by atoms with Crippen LogP contribution in [0.25, 0.3) is 0 Å². The van der Waals surface area contributed by atoms with E-state index in [1.165, 1.54) is 0 Å². The molecule has 1 aromatic carbocycles. The highest BCUT2D eigenvalue weighted by atomic mass is 16.8. The lowest BCUT2D eigenvalue weighted by Crippen LogP contribution is -2.80. The number of piperidine rings is 1. The Hall–Kier alpha value is -1.64. The van der Waals surface area contributed by atoms with E-state index in [0.717, 1.165) is 17.7 Å². The molecule has 3 heterocycles. The molecule has 2 bridgehead atoms. The van der Waals surface area contributed by atoms with E-state index in [9.17, 15) is 10.2 Å². The summed E-state index contributed by atoms with van der Waals surface area (Å²) in [7, 11) is 1.61. The second kappa shape index (κ2) is 5.74. The molecular weight excluding hydrogens is 374 g/mol. The van der Waals surface area contributed by atoms with Gasteiger partial charge in [-0.25, -0.2) is 0 Å². The average Bonchev–Trinajstić information content (AvgIpc) is 3.32. The predicted molar refractivity (Wildman–Crippen MR) is 103 cm³/mol. The van der Waals surface area contributed by atoms with E-state index in [4.69, 9.17) is 18.9 Å². The van der Waals surface area contributed by atoms with Crippen LogP contribution in [-0.2, 0) is 14.9 Å². The molecule has 5 atom stereocenters. The van der Waals surface area contributed by atoms with Crippen molar-refractivity contribution in [2.24, 2.45) is 0 Å². The summed E-state index contributed by atoms with van der Waals surface area (Å²) in [6.07, 6.45) is 2.20. The molecule has 0 unspecified atom stereocenters. The van der Waals surface area contributed by atoms with Crippen molar-refractivity contribution >= 4 is 0 Å². The number of fused-ring (bicyclic) bond motifs is 1. The Morgan fingerprint density at radius 2 is 2.07 bits per heavy atom. The Morgan fingerprint density at radius 3 is 2.79 bits per heavy atom. The number of hydrogen-bond donors (Lipinski definition) is 2. The smallest absolute Gasteiger partial charge is 0.207 e. The summed E-state index contributed by atoms with van der Waals surface area (Å²) in [5.41, 5.74) is -0.189. The standard InChI is InChI=1S/C22H27NO6/c1-3-9-23-10-8-20-15-13-4-5-14(26-2)17(15)29-19(20)22(27-11-12-28-22)7-6-21(20,25)18(23)16(13)24/h3-5,16,18-19,24-25H,1,6-12H2,2H3/t16-,18+,19+,20-,21+/m0/s1. The van der Waals surface area contributed by atoms with Gasteiger partial charge in [0.15, 0.2) is 17.6 Å². The molecule has 156 valence electrons. The number of benzene rings is 1. The van der Waals surface area contributed by atoms with Crippen LogP contribution >= 0.6 is 0 Å². The maximum Gasteiger partial charge on any atom is 0.207 e. The second-order valence-electron chi connectivity index (χ2n) is 8.89. The molecule has 2 N–H and O–H groups in total. The quantitative estimate of drug-likeness (QED) is 0.739. The fourth-order valence-corrected chi connectivity index (χ4v) is 6.95. The van der Waals surface area contributed by atoms with E-state index < -0.39 is 35.1 Å². The van der Waals surface area contributed by atoms with E-state index in [2.05, 4.69) is 11.5 Å². The highest BCUT2D eigenvalue weighted by molar-refractivity contribution is 5.64. The Morgan fingerprint density at radius 1 is 1.28 bits per heavy atom. The van der Waals surface area contributed by atoms with Gasteiger partial charge in [0.2, 0.25) is 5.79 Å². The minimum absolute atomic E-state index is 0.439. The maximum absolute atomic E-state index is 12.3. The molecule has 1 saturated carbocycles. The third-order valence-corrected chi connectivity index (χ3v) is 7.96. The molecular formula is C22H27NO6. The second-order valence-corrected chi connectivity index (χ2v) is 8.89. The molecule has 2 aliphatic carbocycles. The molecule has 5 aliphatic rings. The molecule has 7 nitrogen and oxygen atoms in total. The lowest BCUT2D eigenvalue weighted by Gasteiger charge is -2.65. The summed E-state index contributed by atoms with van der Waals surface area (Å²) in [4.78, 5) is 2.15. The zero-order valence-electron chi connectivity index (χ0n) is 16.6. The van der Waals surface area contributed by atoms with E-state index >= 15 is 0 Å². The molecule has 3 aliphatic heterocycles. The number of methoxy groups -OCH3 is 1. The van der Waals surface area contributed by atoms with Gasteiger partial charge in [-0.3, -0.25) is 4.90 Å². The van der Waals surface area contributed by atoms with Gasteiger partial charge in [-0.2, -0.15) is 0 Å². The zero-order chi connectivity index (χ0) is 20.0. The van der Waals surface area contributed by atoms with Crippen molar-refractivity contribution < 1.29 is 29.2 Å². The first-order valence-electron chi connectivity index (χ1n) is 10.4. The first kappa shape index (κ1) is 18.2. The SMILES string of the molecule is C=CCN1CC[C@]23c4c5ccc(OC)c4O[C@H]2C2(CC[C@@]3(O)[C@H]1[C@H]5O)OCCO2. The van der Waals surface area contributed by atoms with Crippen LogP contribution in [0.2, 0.25) is 0 Å². The normalized spacial score (nSPS) is 41.1. The molecule has 6 rings (SSSR count). The molecule has 0 radical (unpaired) electrons. The number of ether oxygens (including phenoxy) is 4. The van der Waals surface area contributed by atoms with Gasteiger partial charge in [0.1, 0.15) is 0 Å². The lowest BCUT2D eigenvalue weighted by molar-refractivity contribution is -0.303. The number of hydrogen-bond acceptors (Lipinski definition) is 7. The number of nitrogens with zero attached hydrogens (tertiary/aromatic N) is 1. The predicted octanol–water partition coefficient (Wildman–Crippen LogP) is 1.27. The van der Waals surface area contributed by atoms with Crippen molar-refractivity contribution in [1.82, 2.24) is 4.90 Å². The van der Waals surface area contributed by atoms with Crippen molar-refractivity contribution in [2.45, 2.75) is 54.3 Å². The molecule has 2 spiro atoms. The fraction of sp³-hybridized carbons (Fsp3) is 0.636. The minimum atomic E-state index is -1.16. The third kappa shape index (κ3) is 1.87. The number of aliphatic hydroxyl groups excluding tert-OH is 1. The van der Waals surface area contributed by atoms with Gasteiger partial charge >= 0.3 is 0 Å². The molecule has 3 fully saturated rings. The van der Waals surface area contributed by atoms with Gasteiger partial charge in [-0.1, -0.05) is 12.1 Å². The van der Waals surface area contributed by atoms with Gasteiger partial charge in [0.25, 0.3) is 0 Å². The number of likely N-dealkylation sites (tertiary alicyclic amines) is 1. The van der Waals surface area contributed by atoms with Gasteiger partial charge in [-0.15, -0.1) is 6.58 Å². The van der Waals surface area contributed by atoms with Crippen LogP contribution in [0.1, 0.15) is 36.5 Å². The average molecular weight is 401 g/mol. The Balaban J connectivity index is 1.64. The lowest BCUT2D eigenvalue weighted by atomic mass is 9.47. The number of aliphatic hydroxyl groups is 2. The van der Waals surface area contributed by atoms with Crippen LogP contribution in [0.15, 0.2) is 24.8 Å². The monoisotopic (exact) mass is 401 g/mol. The summed E-state index contributed by atoms with van der Waals surface area (Å²) < 4.78 is 24.5. The van der Waals surface area contributed by atoms with Crippen molar-refractivity contribution in [1.29, 1.82) is 0 Å². The molecule has 1 aromatic rings. The summed E-state index contributed by atoms with van der Waals surface area (Å²) in [6.45, 7) is 6.25. The molecule has 0 amide bonds. The Bertz CT molecular complexity index is 882. The number of rotatable bonds is 3. The zero-order valence-corrected chi connectivity index (χ0v) is 16.6. The van der Waals surface area contributed by atoms with Crippen LogP contribution in [0.3, 0.4) is 0 Å². The summed E-state index contributed by atoms with van der Waals surface area (Å²) >= 11 is 0. The van der Waals surface area contributed by atoms with E-state index in [0.29, 0.717) is 50.5 Å². The summed E-state index contributed by atoms with van der Waals surface area (Å²) in [5, 5.41) is 23.8. The van der Waals surface area contributed by atoms with Crippen LogP contribution in [0.5, 0.6) is 11.5 Å². The van der Waals surface area contributed by atoms with Crippen LogP contribution in [-0.4, -0.2) is 72.1 Å². The largest absolute Gasteiger partial charge is 0.493 e. The van der Waals surface area contributed by atoms with Crippen molar-refractivity contribution in [2.75, 3.05) is 33.4 Å². The topological polar surface area (TPSA) is 80.6 Å². The Labute approximate surface area is 169 Å². The molecule has 0 aromatic heterocycles. The van der Waals surface area contributed by atoms with Crippen LogP contribution in [0.4, 0.5) is 0 Å². The fourth-order valence-electron chi connectivity index (χ4n) is 6.95. The van der Waals surface area contributed by atoms with Crippen LogP contribution < -0.4 is 9.47 Å². The van der Waals surface area contributed by atoms with E-state index in [1.54, 1.807) is 7.11 Å². The Kier molecular flexibility index (Phi) is 3.59. The van der Waals surface area contributed by atoms with Gasteiger partial charge < -0.3 is 29.2 Å². The van der Waals surface area contributed by atoms with Crippen molar-refractivity contribution in [3.05, 3.63) is 35.9 Å². The molecule has 7 heteroatoms. The highest BCUT2D eigenvalue weighted by Crippen LogP contribution is 2.69. The van der Waals surface area contributed by atoms with E-state index in [-0.39, 0.29) is 0 Å². The first-order valence-corrected chi connectivity index (χ1v) is 10.4. The van der Waals surface area contributed by atoms with Crippen molar-refractivity contribution in [3.8, 4) is 11.5 Å². The molecule has 29 heavy (non-hydrogen) atoms. The summed E-state index contributed by atoms with van der Waals surface area (Å²) in [6, 6.07) is 3.31. The third-order valence-electron chi connectivity index (χ3n) is 7.96. The first-order chi connectivity index (χ1) is 14.0. The molecule has 2 saturated heterocycles. The minimum Gasteiger partial charge on any atom is -0.493 e. The maximum atomic E-state index is 12.3. The highest BCUT2D eigenvalue weighted by Gasteiger charge is 2.78. The van der Waals surface area contributed by atoms with Gasteiger partial charge in [0.05, 0.1) is 43.5 Å². The van der Waals surface area contributed by atoms with E-state index in [1.807, 2.05) is 18.2 Å². The summed E-state index contributed by atoms with van der Waals surface area (Å²) in [5.74, 6) is 0.353.